The first-order chi connectivity index (χ1) is 8.38. The summed E-state index contributed by atoms with van der Waals surface area (Å²) in [6, 6.07) is 4.34. The van der Waals surface area contributed by atoms with E-state index in [9.17, 15) is 13.2 Å². The van der Waals surface area contributed by atoms with Crippen molar-refractivity contribution >= 4 is 0 Å². The lowest BCUT2D eigenvalue weighted by Crippen LogP contribution is -2.07. The Hall–Kier alpha value is -1.25. The molecule has 0 radical (unpaired) electrons. The molecule has 1 rings (SSSR count). The van der Waals surface area contributed by atoms with Gasteiger partial charge in [0.2, 0.25) is 0 Å². The minimum Gasteiger partial charge on any atom is -0.166 e. The van der Waals surface area contributed by atoms with Crippen LogP contribution in [0.2, 0.25) is 0 Å². The largest absolute Gasteiger partial charge is 0.416 e. The van der Waals surface area contributed by atoms with Crippen LogP contribution < -0.4 is 0 Å². The van der Waals surface area contributed by atoms with Crippen LogP contribution in [-0.2, 0) is 12.6 Å². The molecule has 18 heavy (non-hydrogen) atoms. The summed E-state index contributed by atoms with van der Waals surface area (Å²) < 4.78 is 38.4. The molecule has 0 nitrogen and oxygen atoms in total. The first kappa shape index (κ1) is 14.8. The molecule has 0 aliphatic rings. The molecule has 0 N–H and O–H groups in total. The Morgan fingerprint density at radius 1 is 1.28 bits per heavy atom. The van der Waals surface area contributed by atoms with Gasteiger partial charge in [0.25, 0.3) is 0 Å². The monoisotopic (exact) mass is 256 g/mol. The Balaban J connectivity index is 3.15. The van der Waals surface area contributed by atoms with E-state index in [2.05, 4.69) is 6.58 Å². The smallest absolute Gasteiger partial charge is 0.166 e. The number of benzene rings is 1. The fourth-order valence-electron chi connectivity index (χ4n) is 1.81. The molecule has 0 amide bonds. The fraction of sp³-hybridized carbons (Fsp3) is 0.467. The molecule has 0 saturated carbocycles. The zero-order valence-corrected chi connectivity index (χ0v) is 10.8. The summed E-state index contributed by atoms with van der Waals surface area (Å²) in [4.78, 5) is 0. The maximum Gasteiger partial charge on any atom is 0.416 e. The molecule has 1 unspecified atom stereocenters. The Bertz CT molecular complexity index is 405. The molecule has 0 heterocycles. The van der Waals surface area contributed by atoms with Crippen molar-refractivity contribution in [1.29, 1.82) is 0 Å². The Morgan fingerprint density at radius 3 is 2.44 bits per heavy atom. The fourth-order valence-corrected chi connectivity index (χ4v) is 1.81. The Morgan fingerprint density at radius 2 is 1.94 bits per heavy atom. The predicted molar refractivity (Wildman–Crippen MR) is 68.7 cm³/mol. The van der Waals surface area contributed by atoms with E-state index in [1.807, 2.05) is 19.9 Å². The maximum atomic E-state index is 12.8. The van der Waals surface area contributed by atoms with Gasteiger partial charge >= 0.3 is 6.18 Å². The molecule has 0 fully saturated rings. The van der Waals surface area contributed by atoms with Crippen molar-refractivity contribution in [2.45, 2.75) is 45.2 Å². The van der Waals surface area contributed by atoms with Gasteiger partial charge in [-0.25, -0.2) is 0 Å². The van der Waals surface area contributed by atoms with E-state index in [0.29, 0.717) is 12.0 Å². The molecule has 0 aromatic heterocycles. The van der Waals surface area contributed by atoms with E-state index in [4.69, 9.17) is 0 Å². The molecular weight excluding hydrogens is 237 g/mol. The van der Waals surface area contributed by atoms with Gasteiger partial charge in [0.05, 0.1) is 5.56 Å². The number of hydrogen-bond donors (Lipinski definition) is 0. The van der Waals surface area contributed by atoms with Gasteiger partial charge < -0.3 is 0 Å². The highest BCUT2D eigenvalue weighted by Gasteiger charge is 2.31. The van der Waals surface area contributed by atoms with E-state index >= 15 is 0 Å². The maximum absolute atomic E-state index is 12.8. The van der Waals surface area contributed by atoms with Gasteiger partial charge in [0.15, 0.2) is 0 Å². The molecule has 0 bridgehead atoms. The van der Waals surface area contributed by atoms with Gasteiger partial charge in [0.1, 0.15) is 0 Å². The van der Waals surface area contributed by atoms with Gasteiger partial charge in [0, 0.05) is 0 Å². The molecule has 3 heteroatoms. The molecule has 0 aliphatic carbocycles. The summed E-state index contributed by atoms with van der Waals surface area (Å²) in [6.45, 7) is 7.52. The number of unbranched alkanes of at least 4 members (excludes halogenated alkanes) is 1. The Kier molecular flexibility index (Phi) is 5.00. The summed E-state index contributed by atoms with van der Waals surface area (Å²) >= 11 is 0. The highest BCUT2D eigenvalue weighted by Crippen LogP contribution is 2.32. The van der Waals surface area contributed by atoms with Crippen LogP contribution in [0.25, 0.3) is 0 Å². The van der Waals surface area contributed by atoms with Crippen LogP contribution in [0.4, 0.5) is 13.2 Å². The third-order valence-electron chi connectivity index (χ3n) is 3.04. The first-order valence-corrected chi connectivity index (χ1v) is 6.22. The van der Waals surface area contributed by atoms with Crippen LogP contribution in [0.1, 0.15) is 49.3 Å². The van der Waals surface area contributed by atoms with E-state index < -0.39 is 11.7 Å². The van der Waals surface area contributed by atoms with Crippen LogP contribution in [-0.4, -0.2) is 0 Å². The molecule has 0 saturated heterocycles. The molecule has 1 atom stereocenters. The van der Waals surface area contributed by atoms with Gasteiger partial charge in [-0.05, 0) is 42.0 Å². The third kappa shape index (κ3) is 3.90. The summed E-state index contributed by atoms with van der Waals surface area (Å²) in [5, 5.41) is 0. The lowest BCUT2D eigenvalue weighted by molar-refractivity contribution is -0.137. The first-order valence-electron chi connectivity index (χ1n) is 6.22. The lowest BCUT2D eigenvalue weighted by atomic mass is 9.94. The summed E-state index contributed by atoms with van der Waals surface area (Å²) in [5.74, 6) is -0.0623. The zero-order chi connectivity index (χ0) is 13.8. The van der Waals surface area contributed by atoms with E-state index in [1.54, 1.807) is 6.08 Å². The van der Waals surface area contributed by atoms with Gasteiger partial charge in [-0.15, -0.1) is 6.58 Å². The summed E-state index contributed by atoms with van der Waals surface area (Å²) in [6.07, 6.45) is -0.0416. The second-order valence-corrected chi connectivity index (χ2v) is 4.59. The minimum absolute atomic E-state index is 0.0623. The average molecular weight is 256 g/mol. The standard InChI is InChI=1S/C15H19F3/c1-4-6-7-12-8-13(11(3)5-2)10-14(9-12)15(16,17)18/h5,8-11H,2,4,6-7H2,1,3H3. The van der Waals surface area contributed by atoms with Crippen molar-refractivity contribution in [1.82, 2.24) is 0 Å². The Labute approximate surface area is 107 Å². The molecule has 1 aromatic carbocycles. The van der Waals surface area contributed by atoms with Gasteiger partial charge in [-0.1, -0.05) is 32.4 Å². The highest BCUT2D eigenvalue weighted by molar-refractivity contribution is 5.35. The number of rotatable bonds is 5. The van der Waals surface area contributed by atoms with E-state index in [0.717, 1.165) is 18.4 Å². The summed E-state index contributed by atoms with van der Waals surface area (Å²) in [5.41, 5.74) is 0.890. The quantitative estimate of drug-likeness (QED) is 0.624. The third-order valence-corrected chi connectivity index (χ3v) is 3.04. The van der Waals surface area contributed by atoms with Crippen molar-refractivity contribution in [3.63, 3.8) is 0 Å². The van der Waals surface area contributed by atoms with Crippen LogP contribution in [0, 0.1) is 0 Å². The zero-order valence-electron chi connectivity index (χ0n) is 10.8. The number of hydrogen-bond acceptors (Lipinski definition) is 0. The SMILES string of the molecule is C=CC(C)c1cc(CCCC)cc(C(F)(F)F)c1. The van der Waals surface area contributed by atoms with Crippen molar-refractivity contribution in [2.24, 2.45) is 0 Å². The van der Waals surface area contributed by atoms with Crippen LogP contribution >= 0.6 is 0 Å². The number of halogens is 3. The van der Waals surface area contributed by atoms with E-state index in [1.165, 1.54) is 12.1 Å². The normalized spacial score (nSPS) is 13.4. The second kappa shape index (κ2) is 6.07. The lowest BCUT2D eigenvalue weighted by Gasteiger charge is -2.14. The van der Waals surface area contributed by atoms with E-state index in [-0.39, 0.29) is 5.92 Å². The molecule has 0 spiro atoms. The number of alkyl halides is 3. The highest BCUT2D eigenvalue weighted by atomic mass is 19.4. The van der Waals surface area contributed by atoms with Crippen LogP contribution in [0.15, 0.2) is 30.9 Å². The molecule has 100 valence electrons. The van der Waals surface area contributed by atoms with Crippen LogP contribution in [0.3, 0.4) is 0 Å². The van der Waals surface area contributed by atoms with Gasteiger partial charge in [-0.2, -0.15) is 13.2 Å². The van der Waals surface area contributed by atoms with Crippen LogP contribution in [0.5, 0.6) is 0 Å². The van der Waals surface area contributed by atoms with Gasteiger partial charge in [-0.3, -0.25) is 0 Å². The number of allylic oxidation sites excluding steroid dienone is 1. The van der Waals surface area contributed by atoms with Crippen molar-refractivity contribution < 1.29 is 13.2 Å². The predicted octanol–water partition coefficient (Wildman–Crippen LogP) is 5.34. The van der Waals surface area contributed by atoms with Crippen molar-refractivity contribution in [3.05, 3.63) is 47.5 Å². The molecule has 0 aliphatic heterocycles. The van der Waals surface area contributed by atoms with Crippen molar-refractivity contribution in [3.8, 4) is 0 Å². The minimum atomic E-state index is -4.28. The molecule has 1 aromatic rings. The second-order valence-electron chi connectivity index (χ2n) is 4.59. The summed E-state index contributed by atoms with van der Waals surface area (Å²) in [7, 11) is 0. The molecular formula is C15H19F3. The van der Waals surface area contributed by atoms with Crippen molar-refractivity contribution in [2.75, 3.05) is 0 Å². The topological polar surface area (TPSA) is 0 Å². The average Bonchev–Trinajstić information content (AvgIpc) is 2.33. The number of aryl methyl sites for hydroxylation is 1.